The summed E-state index contributed by atoms with van der Waals surface area (Å²) in [6.07, 6.45) is 0. The lowest BCUT2D eigenvalue weighted by molar-refractivity contribution is 0.101. The molecule has 0 aromatic heterocycles. The maximum absolute atomic E-state index is 13.7. The number of carbonyl (C=O) groups excluding carboxylic acids is 1. The van der Waals surface area contributed by atoms with Crippen molar-refractivity contribution in [3.05, 3.63) is 59.4 Å². The Bertz CT molecular complexity index is 640. The fourth-order valence-electron chi connectivity index (χ4n) is 2.13. The first kappa shape index (κ1) is 14.1. The van der Waals surface area contributed by atoms with Gasteiger partial charge in [0.25, 0.3) is 0 Å². The van der Waals surface area contributed by atoms with Gasteiger partial charge in [0.2, 0.25) is 0 Å². The number of carbonyl (C=O) groups is 1. The summed E-state index contributed by atoms with van der Waals surface area (Å²) < 4.78 is 13.7. The summed E-state index contributed by atoms with van der Waals surface area (Å²) in [5, 5.41) is 3.17. The van der Waals surface area contributed by atoms with Crippen molar-refractivity contribution in [1.82, 2.24) is 0 Å². The van der Waals surface area contributed by atoms with Gasteiger partial charge in [-0.3, -0.25) is 4.79 Å². The number of benzene rings is 2. The summed E-state index contributed by atoms with van der Waals surface area (Å²) in [5.74, 6) is -0.322. The van der Waals surface area contributed by atoms with Crippen LogP contribution in [0.25, 0.3) is 0 Å². The molecule has 0 fully saturated rings. The van der Waals surface area contributed by atoms with Crippen LogP contribution in [0.2, 0.25) is 0 Å². The standard InChI is InChI=1S/C16H17FN2O/c1-10(13-5-3-4-6-15(13)17)19-12-7-8-14(11(2)20)16(18)9-12/h3-10,19H,18H2,1-2H3. The Kier molecular flexibility index (Phi) is 4.03. The second-order valence-electron chi connectivity index (χ2n) is 4.75. The van der Waals surface area contributed by atoms with Gasteiger partial charge in [0.15, 0.2) is 5.78 Å². The van der Waals surface area contributed by atoms with E-state index in [0.29, 0.717) is 16.8 Å². The number of rotatable bonds is 4. The van der Waals surface area contributed by atoms with Gasteiger partial charge in [-0.05, 0) is 38.1 Å². The molecule has 0 aliphatic heterocycles. The molecule has 3 nitrogen and oxygen atoms in total. The lowest BCUT2D eigenvalue weighted by atomic mass is 10.1. The molecule has 2 rings (SSSR count). The van der Waals surface area contributed by atoms with Crippen molar-refractivity contribution in [2.45, 2.75) is 19.9 Å². The van der Waals surface area contributed by atoms with Gasteiger partial charge < -0.3 is 11.1 Å². The Morgan fingerprint density at radius 2 is 1.95 bits per heavy atom. The first-order chi connectivity index (χ1) is 9.49. The third kappa shape index (κ3) is 2.96. The fraction of sp³-hybridized carbons (Fsp3) is 0.188. The molecule has 104 valence electrons. The van der Waals surface area contributed by atoms with E-state index in [4.69, 9.17) is 5.73 Å². The van der Waals surface area contributed by atoms with Crippen LogP contribution in [0.15, 0.2) is 42.5 Å². The number of Topliss-reactive ketones (excluding diaryl/α,β-unsaturated/α-hetero) is 1. The molecule has 2 aromatic carbocycles. The molecule has 4 heteroatoms. The summed E-state index contributed by atoms with van der Waals surface area (Å²) >= 11 is 0. The number of ketones is 1. The molecule has 1 atom stereocenters. The van der Waals surface area contributed by atoms with Crippen LogP contribution in [0.5, 0.6) is 0 Å². The monoisotopic (exact) mass is 272 g/mol. The number of anilines is 2. The first-order valence-electron chi connectivity index (χ1n) is 6.40. The zero-order chi connectivity index (χ0) is 14.7. The number of hydrogen-bond acceptors (Lipinski definition) is 3. The Balaban J connectivity index is 2.20. The largest absolute Gasteiger partial charge is 0.398 e. The maximum atomic E-state index is 13.7. The van der Waals surface area contributed by atoms with E-state index in [1.54, 1.807) is 36.4 Å². The highest BCUT2D eigenvalue weighted by molar-refractivity contribution is 5.99. The van der Waals surface area contributed by atoms with E-state index < -0.39 is 0 Å². The Labute approximate surface area is 117 Å². The molecule has 0 aliphatic carbocycles. The molecule has 0 spiro atoms. The minimum atomic E-state index is -0.249. The molecule has 0 bridgehead atoms. The Morgan fingerprint density at radius 3 is 2.55 bits per heavy atom. The van der Waals surface area contributed by atoms with E-state index in [2.05, 4.69) is 5.32 Å². The quantitative estimate of drug-likeness (QED) is 0.657. The van der Waals surface area contributed by atoms with Crippen LogP contribution in [-0.4, -0.2) is 5.78 Å². The normalized spacial score (nSPS) is 11.9. The molecule has 0 heterocycles. The van der Waals surface area contributed by atoms with E-state index >= 15 is 0 Å². The van der Waals surface area contributed by atoms with Gasteiger partial charge in [-0.25, -0.2) is 4.39 Å². The SMILES string of the molecule is CC(=O)c1ccc(NC(C)c2ccccc2F)cc1N. The molecule has 0 saturated carbocycles. The van der Waals surface area contributed by atoms with Crippen molar-refractivity contribution in [2.75, 3.05) is 11.1 Å². The number of halogens is 1. The van der Waals surface area contributed by atoms with Gasteiger partial charge in [0.1, 0.15) is 5.82 Å². The molecule has 0 amide bonds. The third-order valence-electron chi connectivity index (χ3n) is 3.19. The first-order valence-corrected chi connectivity index (χ1v) is 6.40. The molecular formula is C16H17FN2O. The lowest BCUT2D eigenvalue weighted by Gasteiger charge is -2.17. The van der Waals surface area contributed by atoms with E-state index in [0.717, 1.165) is 5.69 Å². The van der Waals surface area contributed by atoms with Crippen LogP contribution >= 0.6 is 0 Å². The van der Waals surface area contributed by atoms with Crippen molar-refractivity contribution in [2.24, 2.45) is 0 Å². The number of hydrogen-bond donors (Lipinski definition) is 2. The Hall–Kier alpha value is -2.36. The minimum absolute atomic E-state index is 0.0730. The van der Waals surface area contributed by atoms with Crippen molar-refractivity contribution >= 4 is 17.2 Å². The van der Waals surface area contributed by atoms with Gasteiger partial charge in [-0.1, -0.05) is 18.2 Å². The average Bonchev–Trinajstić information content (AvgIpc) is 2.38. The third-order valence-corrected chi connectivity index (χ3v) is 3.19. The predicted molar refractivity (Wildman–Crippen MR) is 79.3 cm³/mol. The van der Waals surface area contributed by atoms with Crippen LogP contribution in [-0.2, 0) is 0 Å². The van der Waals surface area contributed by atoms with Crippen LogP contribution in [0.3, 0.4) is 0 Å². The van der Waals surface area contributed by atoms with Gasteiger partial charge in [0, 0.05) is 22.5 Å². The van der Waals surface area contributed by atoms with Crippen LogP contribution < -0.4 is 11.1 Å². The zero-order valence-electron chi connectivity index (χ0n) is 11.5. The van der Waals surface area contributed by atoms with E-state index in [1.807, 2.05) is 6.92 Å². The summed E-state index contributed by atoms with van der Waals surface area (Å²) in [7, 11) is 0. The Morgan fingerprint density at radius 1 is 1.25 bits per heavy atom. The van der Waals surface area contributed by atoms with Gasteiger partial charge in [-0.15, -0.1) is 0 Å². The molecule has 1 unspecified atom stereocenters. The summed E-state index contributed by atoms with van der Waals surface area (Å²) in [5.41, 5.74) is 8.08. The number of nitrogens with one attached hydrogen (secondary N) is 1. The van der Waals surface area contributed by atoms with Gasteiger partial charge >= 0.3 is 0 Å². The molecule has 20 heavy (non-hydrogen) atoms. The highest BCUT2D eigenvalue weighted by atomic mass is 19.1. The van der Waals surface area contributed by atoms with Gasteiger partial charge in [0.05, 0.1) is 6.04 Å². The second kappa shape index (κ2) is 5.74. The second-order valence-corrected chi connectivity index (χ2v) is 4.75. The summed E-state index contributed by atoms with van der Waals surface area (Å²) in [4.78, 5) is 11.3. The van der Waals surface area contributed by atoms with Gasteiger partial charge in [-0.2, -0.15) is 0 Å². The number of nitrogen functional groups attached to an aromatic ring is 1. The van der Waals surface area contributed by atoms with E-state index in [-0.39, 0.29) is 17.6 Å². The van der Waals surface area contributed by atoms with Crippen LogP contribution in [0.1, 0.15) is 35.8 Å². The van der Waals surface area contributed by atoms with Crippen molar-refractivity contribution < 1.29 is 9.18 Å². The highest BCUT2D eigenvalue weighted by Crippen LogP contribution is 2.24. The van der Waals surface area contributed by atoms with E-state index in [1.165, 1.54) is 13.0 Å². The van der Waals surface area contributed by atoms with Crippen LogP contribution in [0.4, 0.5) is 15.8 Å². The number of nitrogens with two attached hydrogens (primary N) is 1. The zero-order valence-corrected chi connectivity index (χ0v) is 11.5. The molecule has 0 aliphatic rings. The smallest absolute Gasteiger partial charge is 0.161 e. The summed E-state index contributed by atoms with van der Waals surface area (Å²) in [6.45, 7) is 3.34. The molecular weight excluding hydrogens is 255 g/mol. The van der Waals surface area contributed by atoms with E-state index in [9.17, 15) is 9.18 Å². The van der Waals surface area contributed by atoms with Crippen molar-refractivity contribution in [3.8, 4) is 0 Å². The molecule has 3 N–H and O–H groups in total. The van der Waals surface area contributed by atoms with Crippen molar-refractivity contribution in [1.29, 1.82) is 0 Å². The average molecular weight is 272 g/mol. The lowest BCUT2D eigenvalue weighted by Crippen LogP contribution is -2.09. The highest BCUT2D eigenvalue weighted by Gasteiger charge is 2.11. The maximum Gasteiger partial charge on any atom is 0.161 e. The molecule has 0 saturated heterocycles. The molecule has 0 radical (unpaired) electrons. The summed E-state index contributed by atoms with van der Waals surface area (Å²) in [6, 6.07) is 11.6. The van der Waals surface area contributed by atoms with Crippen LogP contribution in [0, 0.1) is 5.82 Å². The van der Waals surface area contributed by atoms with Crippen molar-refractivity contribution in [3.63, 3.8) is 0 Å². The minimum Gasteiger partial charge on any atom is -0.398 e. The predicted octanol–water partition coefficient (Wildman–Crippen LogP) is 3.78. The topological polar surface area (TPSA) is 55.1 Å². The molecule has 2 aromatic rings. The fourth-order valence-corrected chi connectivity index (χ4v) is 2.13.